The van der Waals surface area contributed by atoms with Crippen LogP contribution < -0.4 is 9.04 Å². The number of sulfonamides is 2. The summed E-state index contributed by atoms with van der Waals surface area (Å²) in [4.78, 5) is 15.7. The first kappa shape index (κ1) is 29.3. The Morgan fingerprint density at radius 2 is 1.29 bits per heavy atom. The third-order valence-electron chi connectivity index (χ3n) is 7.13. The number of hydrogen-bond acceptors (Lipinski definition) is 6. The van der Waals surface area contributed by atoms with E-state index in [0.29, 0.717) is 5.75 Å². The van der Waals surface area contributed by atoms with E-state index in [4.69, 9.17) is 4.74 Å². The van der Waals surface area contributed by atoms with E-state index in [1.807, 2.05) is 30.3 Å². The van der Waals surface area contributed by atoms with Crippen molar-refractivity contribution in [2.75, 3.05) is 37.6 Å². The van der Waals surface area contributed by atoms with Crippen LogP contribution in [0.25, 0.3) is 0 Å². The summed E-state index contributed by atoms with van der Waals surface area (Å²) in [5.41, 5.74) is 1.20. The van der Waals surface area contributed by atoms with Gasteiger partial charge in [-0.1, -0.05) is 60.7 Å². The van der Waals surface area contributed by atoms with Gasteiger partial charge in [0.15, 0.2) is 0 Å². The molecule has 9 nitrogen and oxygen atoms in total. The van der Waals surface area contributed by atoms with Crippen LogP contribution >= 0.6 is 0 Å². The molecule has 1 fully saturated rings. The van der Waals surface area contributed by atoms with Crippen LogP contribution in [0, 0.1) is 0 Å². The van der Waals surface area contributed by atoms with Crippen LogP contribution in [0.4, 0.5) is 5.69 Å². The lowest BCUT2D eigenvalue weighted by Gasteiger charge is -2.35. The molecule has 0 N–H and O–H groups in total. The van der Waals surface area contributed by atoms with Gasteiger partial charge < -0.3 is 9.64 Å². The van der Waals surface area contributed by atoms with Crippen molar-refractivity contribution in [3.63, 3.8) is 0 Å². The summed E-state index contributed by atoms with van der Waals surface area (Å²) >= 11 is 0. The molecule has 42 heavy (non-hydrogen) atoms. The SMILES string of the molecule is COc1ccc(S(=O)(=O)N(Cc2ccccc2)c2ccccc2C(=O)N2CCN(S(=O)(=O)c3ccccc3)CC2)cc1. The van der Waals surface area contributed by atoms with Crippen LogP contribution in [0.1, 0.15) is 15.9 Å². The van der Waals surface area contributed by atoms with Gasteiger partial charge in [-0.3, -0.25) is 9.10 Å². The minimum Gasteiger partial charge on any atom is -0.497 e. The molecule has 5 rings (SSSR count). The molecule has 218 valence electrons. The fraction of sp³-hybridized carbons (Fsp3) is 0.194. The largest absolute Gasteiger partial charge is 0.497 e. The Labute approximate surface area is 246 Å². The zero-order valence-electron chi connectivity index (χ0n) is 23.0. The Morgan fingerprint density at radius 3 is 1.90 bits per heavy atom. The third kappa shape index (κ3) is 6.03. The summed E-state index contributed by atoms with van der Waals surface area (Å²) < 4.78 is 62.1. The Morgan fingerprint density at radius 1 is 0.714 bits per heavy atom. The molecule has 0 saturated carbocycles. The highest BCUT2D eigenvalue weighted by molar-refractivity contribution is 7.92. The van der Waals surface area contributed by atoms with Crippen molar-refractivity contribution in [3.8, 4) is 5.75 Å². The van der Waals surface area contributed by atoms with Crippen molar-refractivity contribution in [2.24, 2.45) is 0 Å². The van der Waals surface area contributed by atoms with Gasteiger partial charge in [-0.2, -0.15) is 4.31 Å². The number of piperazine rings is 1. The lowest BCUT2D eigenvalue weighted by molar-refractivity contribution is 0.0698. The van der Waals surface area contributed by atoms with Gasteiger partial charge >= 0.3 is 0 Å². The van der Waals surface area contributed by atoms with Crippen molar-refractivity contribution < 1.29 is 26.4 Å². The van der Waals surface area contributed by atoms with Crippen molar-refractivity contribution >= 4 is 31.6 Å². The second-order valence-electron chi connectivity index (χ2n) is 9.70. The van der Waals surface area contributed by atoms with Gasteiger partial charge in [-0.25, -0.2) is 16.8 Å². The maximum absolute atomic E-state index is 14.1. The number of rotatable bonds is 9. The molecule has 0 radical (unpaired) electrons. The molecular formula is C31H31N3O6S2. The molecule has 1 aliphatic heterocycles. The molecule has 0 atom stereocenters. The maximum Gasteiger partial charge on any atom is 0.264 e. The smallest absolute Gasteiger partial charge is 0.264 e. The summed E-state index contributed by atoms with van der Waals surface area (Å²) in [6.45, 7) is 0.598. The van der Waals surface area contributed by atoms with Gasteiger partial charge in [0.05, 0.1) is 34.7 Å². The van der Waals surface area contributed by atoms with Gasteiger partial charge in [-0.05, 0) is 54.1 Å². The Kier molecular flexibility index (Phi) is 8.62. The number of methoxy groups -OCH3 is 1. The quantitative estimate of drug-likeness (QED) is 0.283. The van der Waals surface area contributed by atoms with Crippen LogP contribution in [-0.2, 0) is 26.6 Å². The molecule has 1 saturated heterocycles. The molecule has 1 amide bonds. The molecule has 1 heterocycles. The molecule has 0 aliphatic carbocycles. The lowest BCUT2D eigenvalue weighted by atomic mass is 10.1. The summed E-state index contributed by atoms with van der Waals surface area (Å²) in [5.74, 6) is 0.151. The van der Waals surface area contributed by atoms with E-state index in [1.165, 1.54) is 27.9 Å². The highest BCUT2D eigenvalue weighted by Crippen LogP contribution is 2.31. The van der Waals surface area contributed by atoms with Crippen LogP contribution in [-0.4, -0.2) is 65.2 Å². The highest BCUT2D eigenvalue weighted by Gasteiger charge is 2.33. The van der Waals surface area contributed by atoms with E-state index in [0.717, 1.165) is 5.56 Å². The summed E-state index contributed by atoms with van der Waals surface area (Å²) in [5, 5.41) is 0. The number of carbonyl (C=O) groups is 1. The van der Waals surface area contributed by atoms with Gasteiger partial charge in [0.1, 0.15) is 5.75 Å². The standard InChI is InChI=1S/C31H31N3O6S2/c1-40-26-16-18-28(19-17-26)42(38,39)34(24-25-10-4-2-5-11-25)30-15-9-8-14-29(30)31(35)32-20-22-33(23-21-32)41(36,37)27-12-6-3-7-13-27/h2-19H,20-24H2,1H3. The number of para-hydroxylation sites is 1. The second kappa shape index (κ2) is 12.4. The van der Waals surface area contributed by atoms with Gasteiger partial charge in [0, 0.05) is 26.2 Å². The van der Waals surface area contributed by atoms with E-state index in [9.17, 15) is 21.6 Å². The Bertz CT molecular complexity index is 1740. The van der Waals surface area contributed by atoms with Crippen molar-refractivity contribution in [2.45, 2.75) is 16.3 Å². The van der Waals surface area contributed by atoms with Crippen molar-refractivity contribution in [1.82, 2.24) is 9.21 Å². The average molecular weight is 606 g/mol. The number of amides is 1. The summed E-state index contributed by atoms with van der Waals surface area (Å²) in [6, 6.07) is 30.1. The Balaban J connectivity index is 1.45. The van der Waals surface area contributed by atoms with Gasteiger partial charge in [0.25, 0.3) is 15.9 Å². The van der Waals surface area contributed by atoms with Crippen LogP contribution in [0.5, 0.6) is 5.75 Å². The first-order chi connectivity index (χ1) is 20.2. The third-order valence-corrected chi connectivity index (χ3v) is 10.8. The van der Waals surface area contributed by atoms with Crippen molar-refractivity contribution in [1.29, 1.82) is 0 Å². The minimum absolute atomic E-state index is 0.00257. The van der Waals surface area contributed by atoms with Crippen molar-refractivity contribution in [3.05, 3.63) is 120 Å². The molecule has 0 spiro atoms. The van der Waals surface area contributed by atoms with Crippen LogP contribution in [0.2, 0.25) is 0 Å². The number of nitrogens with zero attached hydrogens (tertiary/aromatic N) is 3. The van der Waals surface area contributed by atoms with E-state index >= 15 is 0 Å². The summed E-state index contributed by atoms with van der Waals surface area (Å²) in [7, 11) is -6.29. The van der Waals surface area contributed by atoms with Gasteiger partial charge in [-0.15, -0.1) is 0 Å². The number of anilines is 1. The normalized spacial score (nSPS) is 14.4. The number of hydrogen-bond donors (Lipinski definition) is 0. The summed E-state index contributed by atoms with van der Waals surface area (Å²) in [6.07, 6.45) is 0. The molecule has 4 aromatic carbocycles. The molecule has 0 aromatic heterocycles. The van der Waals surface area contributed by atoms with Crippen LogP contribution in [0.3, 0.4) is 0 Å². The van der Waals surface area contributed by atoms with E-state index in [1.54, 1.807) is 71.6 Å². The average Bonchev–Trinajstić information content (AvgIpc) is 3.04. The molecule has 0 unspecified atom stereocenters. The van der Waals surface area contributed by atoms with E-state index < -0.39 is 20.0 Å². The minimum atomic E-state index is -4.10. The van der Waals surface area contributed by atoms with E-state index in [-0.39, 0.29) is 59.7 Å². The number of benzene rings is 4. The Hall–Kier alpha value is -4.19. The maximum atomic E-state index is 14.1. The lowest BCUT2D eigenvalue weighted by Crippen LogP contribution is -2.50. The fourth-order valence-electron chi connectivity index (χ4n) is 4.84. The second-order valence-corrected chi connectivity index (χ2v) is 13.5. The first-order valence-electron chi connectivity index (χ1n) is 13.4. The molecule has 11 heteroatoms. The van der Waals surface area contributed by atoms with E-state index in [2.05, 4.69) is 0 Å². The zero-order chi connectivity index (χ0) is 29.7. The topological polar surface area (TPSA) is 104 Å². The monoisotopic (exact) mass is 605 g/mol. The zero-order valence-corrected chi connectivity index (χ0v) is 24.7. The predicted molar refractivity (Wildman–Crippen MR) is 160 cm³/mol. The van der Waals surface area contributed by atoms with Crippen LogP contribution in [0.15, 0.2) is 119 Å². The number of ether oxygens (including phenoxy) is 1. The first-order valence-corrected chi connectivity index (χ1v) is 16.2. The number of carbonyl (C=O) groups excluding carboxylic acids is 1. The predicted octanol–water partition coefficient (Wildman–Crippen LogP) is 4.24. The van der Waals surface area contributed by atoms with Gasteiger partial charge in [0.2, 0.25) is 10.0 Å². The fourth-order valence-corrected chi connectivity index (χ4v) is 7.75. The molecule has 0 bridgehead atoms. The molecule has 1 aliphatic rings. The highest BCUT2D eigenvalue weighted by atomic mass is 32.2. The molecule has 4 aromatic rings. The molecular weight excluding hydrogens is 574 g/mol.